The van der Waals surface area contributed by atoms with E-state index in [9.17, 15) is 0 Å². The van der Waals surface area contributed by atoms with E-state index in [1.54, 1.807) is 6.20 Å². The monoisotopic (exact) mass is 251 g/mol. The van der Waals surface area contributed by atoms with Gasteiger partial charge >= 0.3 is 0 Å². The average Bonchev–Trinajstić information content (AvgIpc) is 2.49. The maximum absolute atomic E-state index is 8.96. The number of aromatic nitrogens is 1. The Hall–Kier alpha value is -2.34. The van der Waals surface area contributed by atoms with Gasteiger partial charge in [-0.25, -0.2) is 4.98 Å². The van der Waals surface area contributed by atoms with Gasteiger partial charge in [0.15, 0.2) is 0 Å². The van der Waals surface area contributed by atoms with Crippen molar-refractivity contribution < 1.29 is 0 Å². The van der Waals surface area contributed by atoms with Crippen molar-refractivity contribution in [3.05, 3.63) is 54.4 Å². The van der Waals surface area contributed by atoms with Crippen LogP contribution >= 0.6 is 0 Å². The van der Waals surface area contributed by atoms with Gasteiger partial charge in [-0.15, -0.1) is 0 Å². The van der Waals surface area contributed by atoms with Gasteiger partial charge in [0.2, 0.25) is 0 Å². The van der Waals surface area contributed by atoms with Crippen LogP contribution in [0.2, 0.25) is 0 Å². The van der Waals surface area contributed by atoms with Gasteiger partial charge in [0.05, 0.1) is 0 Å². The molecule has 0 radical (unpaired) electrons. The number of hydrogen-bond acceptors (Lipinski definition) is 3. The molecule has 0 amide bonds. The van der Waals surface area contributed by atoms with Crippen molar-refractivity contribution in [2.45, 2.75) is 19.8 Å². The molecule has 1 heterocycles. The summed E-state index contributed by atoms with van der Waals surface area (Å²) in [6.45, 7) is 3.12. The number of pyridine rings is 1. The van der Waals surface area contributed by atoms with Crippen LogP contribution in [-0.2, 0) is 0 Å². The molecule has 3 nitrogen and oxygen atoms in total. The van der Waals surface area contributed by atoms with Crippen molar-refractivity contribution in [2.24, 2.45) is 0 Å². The molecule has 96 valence electrons. The molecule has 0 aliphatic heterocycles. The molecule has 0 unspecified atom stereocenters. The summed E-state index contributed by atoms with van der Waals surface area (Å²) in [5, 5.41) is 8.96. The van der Waals surface area contributed by atoms with Crippen LogP contribution in [0.3, 0.4) is 0 Å². The normalized spacial score (nSPS) is 9.89. The summed E-state index contributed by atoms with van der Waals surface area (Å²) in [7, 11) is 0. The Balaban J connectivity index is 2.34. The van der Waals surface area contributed by atoms with Crippen LogP contribution in [0, 0.1) is 11.3 Å². The van der Waals surface area contributed by atoms with E-state index in [4.69, 9.17) is 5.26 Å². The number of para-hydroxylation sites is 1. The van der Waals surface area contributed by atoms with E-state index in [-0.39, 0.29) is 0 Å². The molecule has 3 heteroatoms. The highest BCUT2D eigenvalue weighted by Gasteiger charge is 2.09. The molecular formula is C16H17N3. The topological polar surface area (TPSA) is 39.9 Å². The second-order valence-corrected chi connectivity index (χ2v) is 4.35. The molecule has 0 bridgehead atoms. The third-order valence-electron chi connectivity index (χ3n) is 2.97. The van der Waals surface area contributed by atoms with Crippen LogP contribution in [0.25, 0.3) is 0 Å². The van der Waals surface area contributed by atoms with Crippen molar-refractivity contribution in [1.29, 1.82) is 5.26 Å². The van der Waals surface area contributed by atoms with Crippen LogP contribution in [0.5, 0.6) is 0 Å². The van der Waals surface area contributed by atoms with Crippen molar-refractivity contribution >= 4 is 11.4 Å². The molecule has 0 saturated heterocycles. The first-order valence-electron chi connectivity index (χ1n) is 6.54. The van der Waals surface area contributed by atoms with Crippen molar-refractivity contribution in [3.63, 3.8) is 0 Å². The van der Waals surface area contributed by atoms with Gasteiger partial charge in [-0.3, -0.25) is 0 Å². The first kappa shape index (κ1) is 13.1. The Morgan fingerprint density at radius 1 is 1.16 bits per heavy atom. The lowest BCUT2D eigenvalue weighted by atomic mass is 10.2. The van der Waals surface area contributed by atoms with E-state index in [1.165, 1.54) is 0 Å². The number of hydrogen-bond donors (Lipinski definition) is 0. The predicted octanol–water partition coefficient (Wildman–Crippen LogP) is 3.89. The van der Waals surface area contributed by atoms with Crippen LogP contribution in [-0.4, -0.2) is 11.5 Å². The van der Waals surface area contributed by atoms with Gasteiger partial charge in [0.25, 0.3) is 0 Å². The summed E-state index contributed by atoms with van der Waals surface area (Å²) in [6.07, 6.45) is 3.94. The maximum atomic E-state index is 8.96. The summed E-state index contributed by atoms with van der Waals surface area (Å²) in [4.78, 5) is 6.25. The van der Waals surface area contributed by atoms with Crippen LogP contribution in [0.1, 0.15) is 25.5 Å². The molecular weight excluding hydrogens is 234 g/mol. The zero-order chi connectivity index (χ0) is 13.5. The van der Waals surface area contributed by atoms with Gasteiger partial charge in [-0.1, -0.05) is 31.5 Å². The first-order chi connectivity index (χ1) is 9.35. The minimum absolute atomic E-state index is 0.454. The van der Waals surface area contributed by atoms with E-state index in [0.717, 1.165) is 30.8 Å². The van der Waals surface area contributed by atoms with E-state index < -0.39 is 0 Å². The minimum Gasteiger partial charge on any atom is -0.341 e. The van der Waals surface area contributed by atoms with Crippen LogP contribution < -0.4 is 4.90 Å². The molecule has 0 saturated carbocycles. The summed E-state index contributed by atoms with van der Waals surface area (Å²) < 4.78 is 0. The second-order valence-electron chi connectivity index (χ2n) is 4.35. The smallest absolute Gasteiger partial charge is 0.142 e. The summed E-state index contributed by atoms with van der Waals surface area (Å²) >= 11 is 0. The number of anilines is 2. The Bertz CT molecular complexity index is 558. The number of nitrogens with zero attached hydrogens (tertiary/aromatic N) is 3. The van der Waals surface area contributed by atoms with Crippen molar-refractivity contribution in [3.8, 4) is 6.07 Å². The average molecular weight is 251 g/mol. The molecule has 0 atom stereocenters. The number of rotatable bonds is 5. The standard InChI is InChI=1S/C16H17N3/c1-2-3-11-19(15-7-5-4-6-8-15)16-9-10-18-14(12-16)13-17/h4-10,12H,2-3,11H2,1H3. The summed E-state index contributed by atoms with van der Waals surface area (Å²) in [6, 6.07) is 16.1. The molecule has 0 aliphatic rings. The zero-order valence-electron chi connectivity index (χ0n) is 11.1. The van der Waals surface area contributed by atoms with Gasteiger partial charge in [0, 0.05) is 24.1 Å². The van der Waals surface area contributed by atoms with E-state index in [0.29, 0.717) is 5.69 Å². The van der Waals surface area contributed by atoms with Gasteiger partial charge in [-0.05, 0) is 30.7 Å². The molecule has 1 aromatic carbocycles. The lowest BCUT2D eigenvalue weighted by Crippen LogP contribution is -2.18. The van der Waals surface area contributed by atoms with Gasteiger partial charge in [-0.2, -0.15) is 5.26 Å². The Morgan fingerprint density at radius 2 is 1.95 bits per heavy atom. The number of nitriles is 1. The van der Waals surface area contributed by atoms with Crippen LogP contribution in [0.4, 0.5) is 11.4 Å². The van der Waals surface area contributed by atoms with Gasteiger partial charge in [0.1, 0.15) is 11.8 Å². The minimum atomic E-state index is 0.454. The van der Waals surface area contributed by atoms with Crippen LogP contribution in [0.15, 0.2) is 48.7 Å². The third kappa shape index (κ3) is 3.32. The third-order valence-corrected chi connectivity index (χ3v) is 2.97. The Labute approximate surface area is 114 Å². The predicted molar refractivity (Wildman–Crippen MR) is 77.3 cm³/mol. The molecule has 2 aromatic rings. The SMILES string of the molecule is CCCCN(c1ccccc1)c1ccnc(C#N)c1. The van der Waals surface area contributed by atoms with E-state index in [2.05, 4.69) is 35.0 Å². The fourth-order valence-electron chi connectivity index (χ4n) is 1.98. The van der Waals surface area contributed by atoms with Crippen molar-refractivity contribution in [1.82, 2.24) is 4.98 Å². The van der Waals surface area contributed by atoms with Crippen molar-refractivity contribution in [2.75, 3.05) is 11.4 Å². The highest BCUT2D eigenvalue weighted by Crippen LogP contribution is 2.25. The fraction of sp³-hybridized carbons (Fsp3) is 0.250. The molecule has 1 aromatic heterocycles. The number of benzene rings is 1. The summed E-state index contributed by atoms with van der Waals surface area (Å²) in [5.41, 5.74) is 2.62. The lowest BCUT2D eigenvalue weighted by molar-refractivity contribution is 0.785. The summed E-state index contributed by atoms with van der Waals surface area (Å²) in [5.74, 6) is 0. The molecule has 2 rings (SSSR count). The Kier molecular flexibility index (Phi) is 4.52. The second kappa shape index (κ2) is 6.55. The molecule has 19 heavy (non-hydrogen) atoms. The Morgan fingerprint density at radius 3 is 2.63 bits per heavy atom. The van der Waals surface area contributed by atoms with Gasteiger partial charge < -0.3 is 4.90 Å². The highest BCUT2D eigenvalue weighted by atomic mass is 15.1. The molecule has 0 fully saturated rings. The quantitative estimate of drug-likeness (QED) is 0.809. The lowest BCUT2D eigenvalue weighted by Gasteiger charge is -2.24. The maximum Gasteiger partial charge on any atom is 0.142 e. The largest absolute Gasteiger partial charge is 0.341 e. The first-order valence-corrected chi connectivity index (χ1v) is 6.54. The molecule has 0 aliphatic carbocycles. The molecule has 0 spiro atoms. The highest BCUT2D eigenvalue weighted by molar-refractivity contribution is 5.63. The van der Waals surface area contributed by atoms with E-state index >= 15 is 0 Å². The number of unbranched alkanes of at least 4 members (excludes halogenated alkanes) is 1. The fourth-order valence-corrected chi connectivity index (χ4v) is 1.98. The zero-order valence-corrected chi connectivity index (χ0v) is 11.1. The van der Waals surface area contributed by atoms with E-state index in [1.807, 2.05) is 30.3 Å². The molecule has 0 N–H and O–H groups in total.